The van der Waals surface area contributed by atoms with E-state index in [4.69, 9.17) is 11.6 Å². The number of carbonyl (C=O) groups is 1. The van der Waals surface area contributed by atoms with Gasteiger partial charge >= 0.3 is 0 Å². The molecule has 27 heavy (non-hydrogen) atoms. The van der Waals surface area contributed by atoms with Crippen LogP contribution in [0.4, 0.5) is 4.39 Å². The molecule has 0 fully saturated rings. The van der Waals surface area contributed by atoms with Crippen molar-refractivity contribution in [3.05, 3.63) is 88.8 Å². The first-order chi connectivity index (χ1) is 13.1. The Morgan fingerprint density at radius 2 is 1.85 bits per heavy atom. The fourth-order valence-corrected chi connectivity index (χ4v) is 2.97. The fourth-order valence-electron chi connectivity index (χ4n) is 2.74. The molecule has 0 saturated heterocycles. The van der Waals surface area contributed by atoms with Crippen molar-refractivity contribution in [2.75, 3.05) is 0 Å². The van der Waals surface area contributed by atoms with Gasteiger partial charge in [0.05, 0.1) is 5.02 Å². The van der Waals surface area contributed by atoms with E-state index in [1.165, 1.54) is 12.1 Å². The number of fused-ring (bicyclic) bond motifs is 1. The topological polar surface area (TPSA) is 59.3 Å². The van der Waals surface area contributed by atoms with Gasteiger partial charge in [0.2, 0.25) is 0 Å². The van der Waals surface area contributed by atoms with Crippen LogP contribution in [-0.4, -0.2) is 20.5 Å². The van der Waals surface area contributed by atoms with Crippen LogP contribution >= 0.6 is 11.6 Å². The molecule has 0 atom stereocenters. The Morgan fingerprint density at radius 3 is 2.63 bits per heavy atom. The maximum absolute atomic E-state index is 12.9. The van der Waals surface area contributed by atoms with E-state index in [9.17, 15) is 9.18 Å². The predicted octanol–water partition coefficient (Wildman–Crippen LogP) is 4.12. The monoisotopic (exact) mass is 380 g/mol. The number of amides is 1. The highest BCUT2D eigenvalue weighted by atomic mass is 35.5. The minimum Gasteiger partial charge on any atom is -0.348 e. The number of hydrogen-bond donors (Lipinski definition) is 1. The average molecular weight is 381 g/mol. The van der Waals surface area contributed by atoms with Crippen LogP contribution in [0.3, 0.4) is 0 Å². The molecule has 0 aliphatic rings. The largest absolute Gasteiger partial charge is 0.348 e. The molecule has 2 aromatic heterocycles. The maximum Gasteiger partial charge on any atom is 0.251 e. The van der Waals surface area contributed by atoms with Gasteiger partial charge in [-0.3, -0.25) is 9.20 Å². The zero-order valence-corrected chi connectivity index (χ0v) is 14.8. The zero-order chi connectivity index (χ0) is 18.8. The van der Waals surface area contributed by atoms with E-state index >= 15 is 0 Å². The molecule has 7 heteroatoms. The number of aromatic nitrogens is 3. The summed E-state index contributed by atoms with van der Waals surface area (Å²) < 4.78 is 14.7. The Morgan fingerprint density at radius 1 is 1.07 bits per heavy atom. The molecule has 0 unspecified atom stereocenters. The summed E-state index contributed by atoms with van der Waals surface area (Å²) in [6.07, 6.45) is 1.74. The minimum absolute atomic E-state index is 0.246. The second kappa shape index (κ2) is 7.17. The van der Waals surface area contributed by atoms with Gasteiger partial charge in [0.1, 0.15) is 5.82 Å². The molecule has 2 heterocycles. The lowest BCUT2D eigenvalue weighted by Crippen LogP contribution is -2.22. The molecular weight excluding hydrogens is 367 g/mol. The lowest BCUT2D eigenvalue weighted by Gasteiger charge is -2.06. The third kappa shape index (κ3) is 3.52. The highest BCUT2D eigenvalue weighted by molar-refractivity contribution is 6.33. The fraction of sp³-hybridized carbons (Fsp3) is 0.0500. The smallest absolute Gasteiger partial charge is 0.251 e. The molecule has 0 radical (unpaired) electrons. The van der Waals surface area contributed by atoms with E-state index < -0.39 is 0 Å². The highest BCUT2D eigenvalue weighted by Gasteiger charge is 2.13. The Labute approximate surface area is 159 Å². The summed E-state index contributed by atoms with van der Waals surface area (Å²) in [5, 5.41) is 11.7. The van der Waals surface area contributed by atoms with Crippen LogP contribution in [-0.2, 0) is 6.54 Å². The number of rotatable bonds is 4. The number of benzene rings is 2. The van der Waals surface area contributed by atoms with E-state index in [-0.39, 0.29) is 11.7 Å². The minimum atomic E-state index is -0.309. The molecule has 1 amide bonds. The van der Waals surface area contributed by atoms with Crippen molar-refractivity contribution in [1.29, 1.82) is 0 Å². The van der Waals surface area contributed by atoms with Crippen LogP contribution in [0.2, 0.25) is 5.02 Å². The first kappa shape index (κ1) is 17.2. The van der Waals surface area contributed by atoms with E-state index in [0.717, 1.165) is 11.1 Å². The number of halogens is 2. The lowest BCUT2D eigenvalue weighted by molar-refractivity contribution is 0.0951. The van der Waals surface area contributed by atoms with Crippen LogP contribution in [0.1, 0.15) is 15.9 Å². The SMILES string of the molecule is O=C(NCc1ccc(F)cc1)c1ccn2c(-c3ccccc3Cl)nnc2c1. The highest BCUT2D eigenvalue weighted by Crippen LogP contribution is 2.26. The van der Waals surface area contributed by atoms with E-state index in [2.05, 4.69) is 15.5 Å². The molecule has 0 aliphatic heterocycles. The molecule has 4 rings (SSSR count). The molecule has 5 nitrogen and oxygen atoms in total. The summed E-state index contributed by atoms with van der Waals surface area (Å²) in [6, 6.07) is 16.7. The second-order valence-corrected chi connectivity index (χ2v) is 6.36. The summed E-state index contributed by atoms with van der Waals surface area (Å²) >= 11 is 6.24. The van der Waals surface area contributed by atoms with Crippen molar-refractivity contribution in [3.63, 3.8) is 0 Å². The molecule has 2 aromatic carbocycles. The molecule has 134 valence electrons. The van der Waals surface area contributed by atoms with Gasteiger partial charge in [0.25, 0.3) is 5.91 Å². The molecule has 1 N–H and O–H groups in total. The molecule has 0 saturated carbocycles. The lowest BCUT2D eigenvalue weighted by atomic mass is 10.2. The third-order valence-electron chi connectivity index (χ3n) is 4.15. The van der Waals surface area contributed by atoms with Gasteiger partial charge in [0.15, 0.2) is 11.5 Å². The Balaban J connectivity index is 1.56. The van der Waals surface area contributed by atoms with Crippen LogP contribution in [0.25, 0.3) is 17.0 Å². The zero-order valence-electron chi connectivity index (χ0n) is 14.1. The van der Waals surface area contributed by atoms with Crippen molar-refractivity contribution in [1.82, 2.24) is 19.9 Å². The molecule has 0 aliphatic carbocycles. The van der Waals surface area contributed by atoms with Crippen molar-refractivity contribution < 1.29 is 9.18 Å². The van der Waals surface area contributed by atoms with Crippen LogP contribution < -0.4 is 5.32 Å². The van der Waals surface area contributed by atoms with Crippen LogP contribution in [0, 0.1) is 5.82 Å². The number of nitrogens with zero attached hydrogens (tertiary/aromatic N) is 3. The van der Waals surface area contributed by atoms with E-state index in [0.29, 0.717) is 28.6 Å². The maximum atomic E-state index is 12.9. The standard InChI is InChI=1S/C20H14ClFN4O/c21-17-4-2-1-3-16(17)19-25-24-18-11-14(9-10-26(18)19)20(27)23-12-13-5-7-15(22)8-6-13/h1-11H,12H2,(H,23,27). The van der Waals surface area contributed by atoms with Crippen molar-refractivity contribution >= 4 is 23.2 Å². The van der Waals surface area contributed by atoms with Gasteiger partial charge in [-0.05, 0) is 42.0 Å². The second-order valence-electron chi connectivity index (χ2n) is 5.96. The number of pyridine rings is 1. The van der Waals surface area contributed by atoms with E-state index in [1.54, 1.807) is 40.9 Å². The summed E-state index contributed by atoms with van der Waals surface area (Å²) in [6.45, 7) is 0.307. The number of carbonyl (C=O) groups excluding carboxylic acids is 1. The van der Waals surface area contributed by atoms with E-state index in [1.807, 2.05) is 18.2 Å². The van der Waals surface area contributed by atoms with Gasteiger partial charge in [-0.15, -0.1) is 10.2 Å². The first-order valence-corrected chi connectivity index (χ1v) is 8.62. The van der Waals surface area contributed by atoms with Gasteiger partial charge in [-0.2, -0.15) is 0 Å². The van der Waals surface area contributed by atoms with Gasteiger partial charge in [-0.25, -0.2) is 4.39 Å². The Hall–Kier alpha value is -3.25. The van der Waals surface area contributed by atoms with Crippen molar-refractivity contribution in [2.45, 2.75) is 6.54 Å². The van der Waals surface area contributed by atoms with Gasteiger partial charge in [0, 0.05) is 23.9 Å². The Kier molecular flexibility index (Phi) is 4.56. The van der Waals surface area contributed by atoms with Crippen molar-refractivity contribution in [2.24, 2.45) is 0 Å². The van der Waals surface area contributed by atoms with Gasteiger partial charge < -0.3 is 5.32 Å². The first-order valence-electron chi connectivity index (χ1n) is 8.24. The number of nitrogens with one attached hydrogen (secondary N) is 1. The summed E-state index contributed by atoms with van der Waals surface area (Å²) in [5.41, 5.74) is 2.58. The number of hydrogen-bond acceptors (Lipinski definition) is 3. The molecule has 4 aromatic rings. The predicted molar refractivity (Wildman–Crippen MR) is 101 cm³/mol. The normalized spacial score (nSPS) is 10.9. The van der Waals surface area contributed by atoms with Gasteiger partial charge in [-0.1, -0.05) is 35.9 Å². The third-order valence-corrected chi connectivity index (χ3v) is 4.48. The quantitative estimate of drug-likeness (QED) is 0.579. The molecule has 0 bridgehead atoms. The molecular formula is C20H14ClFN4O. The summed E-state index contributed by atoms with van der Waals surface area (Å²) in [5.74, 6) is 0.0506. The Bertz CT molecular complexity index is 1120. The molecule has 0 spiro atoms. The average Bonchev–Trinajstić information content (AvgIpc) is 3.10. The summed E-state index contributed by atoms with van der Waals surface area (Å²) in [4.78, 5) is 12.4. The van der Waals surface area contributed by atoms with Crippen molar-refractivity contribution in [3.8, 4) is 11.4 Å². The summed E-state index contributed by atoms with van der Waals surface area (Å²) in [7, 11) is 0. The van der Waals surface area contributed by atoms with Crippen LogP contribution in [0.5, 0.6) is 0 Å². The van der Waals surface area contributed by atoms with Crippen LogP contribution in [0.15, 0.2) is 66.9 Å².